The van der Waals surface area contributed by atoms with Crippen LogP contribution in [0.2, 0.25) is 0 Å². The molecule has 0 saturated heterocycles. The number of ether oxygens (including phenoxy) is 3. The zero-order valence-corrected chi connectivity index (χ0v) is 7.98. The van der Waals surface area contributed by atoms with E-state index in [1.54, 1.807) is 0 Å². The molecule has 0 aliphatic carbocycles. The van der Waals surface area contributed by atoms with Crippen LogP contribution >= 0.6 is 0 Å². The lowest BCUT2D eigenvalue weighted by molar-refractivity contribution is -0.165. The summed E-state index contributed by atoms with van der Waals surface area (Å²) in [5.41, 5.74) is 0. The average Bonchev–Trinajstić information content (AvgIpc) is 2.16. The Bertz CT molecular complexity index is 191. The second kappa shape index (κ2) is 7.10. The quantitative estimate of drug-likeness (QED) is 0.447. The summed E-state index contributed by atoms with van der Waals surface area (Å²) in [6, 6.07) is 0. The standard InChI is InChI=1S/C7H13NO6/c1-12-6(13-2)4-14-5(9)3-8-7(10)11/h6,8H,3-4H2,1-2H3,(H,10,11). The van der Waals surface area contributed by atoms with Gasteiger partial charge in [-0.15, -0.1) is 0 Å². The Morgan fingerprint density at radius 3 is 2.36 bits per heavy atom. The maximum Gasteiger partial charge on any atom is 0.405 e. The number of amides is 1. The maximum atomic E-state index is 10.8. The Morgan fingerprint density at radius 2 is 1.93 bits per heavy atom. The molecule has 82 valence electrons. The second-order valence-electron chi connectivity index (χ2n) is 2.24. The number of methoxy groups -OCH3 is 2. The van der Waals surface area contributed by atoms with E-state index in [1.807, 2.05) is 5.32 Å². The van der Waals surface area contributed by atoms with Crippen molar-refractivity contribution < 1.29 is 28.9 Å². The molecule has 7 heteroatoms. The van der Waals surface area contributed by atoms with Crippen LogP contribution < -0.4 is 5.32 Å². The molecule has 0 aromatic carbocycles. The number of carbonyl (C=O) groups excluding carboxylic acids is 1. The van der Waals surface area contributed by atoms with Crippen molar-refractivity contribution >= 4 is 12.1 Å². The predicted molar refractivity (Wildman–Crippen MR) is 44.8 cm³/mol. The van der Waals surface area contributed by atoms with Gasteiger partial charge in [0, 0.05) is 14.2 Å². The highest BCUT2D eigenvalue weighted by atomic mass is 16.7. The van der Waals surface area contributed by atoms with E-state index in [0.29, 0.717) is 0 Å². The lowest BCUT2D eigenvalue weighted by Gasteiger charge is -2.13. The van der Waals surface area contributed by atoms with Gasteiger partial charge in [-0.05, 0) is 0 Å². The van der Waals surface area contributed by atoms with Gasteiger partial charge in [-0.3, -0.25) is 4.79 Å². The molecule has 0 saturated carbocycles. The van der Waals surface area contributed by atoms with E-state index in [4.69, 9.17) is 14.6 Å². The van der Waals surface area contributed by atoms with Crippen LogP contribution in [-0.4, -0.2) is 50.8 Å². The highest BCUT2D eigenvalue weighted by Gasteiger charge is 2.10. The number of rotatable bonds is 6. The van der Waals surface area contributed by atoms with E-state index < -0.39 is 24.9 Å². The van der Waals surface area contributed by atoms with E-state index in [2.05, 4.69) is 4.74 Å². The van der Waals surface area contributed by atoms with Crippen molar-refractivity contribution in [1.29, 1.82) is 0 Å². The fraction of sp³-hybridized carbons (Fsp3) is 0.714. The Labute approximate surface area is 80.9 Å². The summed E-state index contributed by atoms with van der Waals surface area (Å²) in [4.78, 5) is 20.8. The molecule has 1 amide bonds. The molecule has 0 spiro atoms. The van der Waals surface area contributed by atoms with Crippen molar-refractivity contribution in [2.45, 2.75) is 6.29 Å². The molecular weight excluding hydrogens is 194 g/mol. The van der Waals surface area contributed by atoms with Gasteiger partial charge in [0.2, 0.25) is 0 Å². The summed E-state index contributed by atoms with van der Waals surface area (Å²) in [6.45, 7) is -0.470. The van der Waals surface area contributed by atoms with E-state index in [-0.39, 0.29) is 6.61 Å². The average molecular weight is 207 g/mol. The summed E-state index contributed by atoms with van der Waals surface area (Å²) >= 11 is 0. The molecule has 0 bridgehead atoms. The molecule has 0 aliphatic rings. The van der Waals surface area contributed by atoms with Crippen molar-refractivity contribution in [2.24, 2.45) is 0 Å². The fourth-order valence-corrected chi connectivity index (χ4v) is 0.592. The van der Waals surface area contributed by atoms with Crippen LogP contribution in [0.4, 0.5) is 4.79 Å². The minimum Gasteiger partial charge on any atom is -0.465 e. The number of esters is 1. The predicted octanol–water partition coefficient (Wildman–Crippen LogP) is -0.584. The van der Waals surface area contributed by atoms with Gasteiger partial charge in [-0.25, -0.2) is 4.79 Å². The Kier molecular flexibility index (Phi) is 6.42. The minimum absolute atomic E-state index is 0.0763. The smallest absolute Gasteiger partial charge is 0.405 e. The number of hydrogen-bond acceptors (Lipinski definition) is 5. The largest absolute Gasteiger partial charge is 0.465 e. The molecule has 0 rings (SSSR count). The first-order chi connectivity index (χ1) is 6.60. The summed E-state index contributed by atoms with van der Waals surface area (Å²) < 4.78 is 14.1. The Hall–Kier alpha value is -1.34. The molecule has 0 aliphatic heterocycles. The van der Waals surface area contributed by atoms with Crippen molar-refractivity contribution in [3.05, 3.63) is 0 Å². The van der Waals surface area contributed by atoms with Gasteiger partial charge >= 0.3 is 12.1 Å². The lowest BCUT2D eigenvalue weighted by atomic mass is 10.6. The van der Waals surface area contributed by atoms with Crippen LogP contribution in [0.5, 0.6) is 0 Å². The van der Waals surface area contributed by atoms with Crippen molar-refractivity contribution in [1.82, 2.24) is 5.32 Å². The highest BCUT2D eigenvalue weighted by molar-refractivity contribution is 5.76. The molecule has 14 heavy (non-hydrogen) atoms. The third kappa shape index (κ3) is 6.21. The summed E-state index contributed by atoms with van der Waals surface area (Å²) in [5.74, 6) is -0.688. The van der Waals surface area contributed by atoms with Crippen molar-refractivity contribution in [3.63, 3.8) is 0 Å². The summed E-state index contributed by atoms with van der Waals surface area (Å²) in [6.07, 6.45) is -1.92. The third-order valence-electron chi connectivity index (χ3n) is 1.29. The van der Waals surface area contributed by atoms with Crippen LogP contribution in [0.15, 0.2) is 0 Å². The van der Waals surface area contributed by atoms with E-state index >= 15 is 0 Å². The maximum absolute atomic E-state index is 10.8. The Balaban J connectivity index is 3.57. The first-order valence-corrected chi connectivity index (χ1v) is 3.78. The SMILES string of the molecule is COC(COC(=O)CNC(=O)O)OC. The van der Waals surface area contributed by atoms with Crippen molar-refractivity contribution in [2.75, 3.05) is 27.4 Å². The third-order valence-corrected chi connectivity index (χ3v) is 1.29. The summed E-state index contributed by atoms with van der Waals surface area (Å²) in [5, 5.41) is 10.0. The van der Waals surface area contributed by atoms with Gasteiger partial charge in [-0.2, -0.15) is 0 Å². The first kappa shape index (κ1) is 12.7. The number of carboxylic acid groups (broad SMARTS) is 1. The molecule has 7 nitrogen and oxygen atoms in total. The topological polar surface area (TPSA) is 94.1 Å². The zero-order chi connectivity index (χ0) is 11.0. The van der Waals surface area contributed by atoms with Gasteiger partial charge in [0.05, 0.1) is 0 Å². The molecule has 0 fully saturated rings. The lowest BCUT2D eigenvalue weighted by Crippen LogP contribution is -2.31. The monoisotopic (exact) mass is 207 g/mol. The molecule has 0 heterocycles. The molecule has 2 N–H and O–H groups in total. The molecule has 0 radical (unpaired) electrons. The highest BCUT2D eigenvalue weighted by Crippen LogP contribution is 1.91. The van der Waals surface area contributed by atoms with E-state index in [0.717, 1.165) is 0 Å². The number of nitrogens with one attached hydrogen (secondary N) is 1. The van der Waals surface area contributed by atoms with Crippen LogP contribution in [0.3, 0.4) is 0 Å². The van der Waals surface area contributed by atoms with Crippen LogP contribution in [0.25, 0.3) is 0 Å². The molecular formula is C7H13NO6. The first-order valence-electron chi connectivity index (χ1n) is 3.78. The molecule has 0 aromatic rings. The summed E-state index contributed by atoms with van der Waals surface area (Å²) in [7, 11) is 2.80. The van der Waals surface area contributed by atoms with Gasteiger partial charge in [0.15, 0.2) is 6.29 Å². The molecule has 0 unspecified atom stereocenters. The molecule has 0 aromatic heterocycles. The van der Waals surface area contributed by atoms with Crippen LogP contribution in [-0.2, 0) is 19.0 Å². The Morgan fingerprint density at radius 1 is 1.36 bits per heavy atom. The zero-order valence-electron chi connectivity index (χ0n) is 7.98. The molecule has 0 atom stereocenters. The minimum atomic E-state index is -1.28. The van der Waals surface area contributed by atoms with Crippen LogP contribution in [0, 0.1) is 0 Å². The fourth-order valence-electron chi connectivity index (χ4n) is 0.592. The second-order valence-corrected chi connectivity index (χ2v) is 2.24. The van der Waals surface area contributed by atoms with Gasteiger partial charge in [0.25, 0.3) is 0 Å². The van der Waals surface area contributed by atoms with Crippen LogP contribution in [0.1, 0.15) is 0 Å². The van der Waals surface area contributed by atoms with Crippen molar-refractivity contribution in [3.8, 4) is 0 Å². The van der Waals surface area contributed by atoms with Gasteiger partial charge < -0.3 is 24.6 Å². The van der Waals surface area contributed by atoms with E-state index in [9.17, 15) is 9.59 Å². The van der Waals surface area contributed by atoms with Gasteiger partial charge in [0.1, 0.15) is 13.2 Å². The number of hydrogen-bond donors (Lipinski definition) is 2. The normalized spacial score (nSPS) is 9.93. The number of carbonyl (C=O) groups is 2. The van der Waals surface area contributed by atoms with Gasteiger partial charge in [-0.1, -0.05) is 0 Å². The van der Waals surface area contributed by atoms with E-state index in [1.165, 1.54) is 14.2 Å².